The lowest BCUT2D eigenvalue weighted by Gasteiger charge is -2.05. The lowest BCUT2D eigenvalue weighted by Crippen LogP contribution is -2.22. The second kappa shape index (κ2) is 6.70. The van der Waals surface area contributed by atoms with Crippen molar-refractivity contribution in [2.75, 3.05) is 6.54 Å². The summed E-state index contributed by atoms with van der Waals surface area (Å²) in [5.41, 5.74) is 1.84. The van der Waals surface area contributed by atoms with Crippen molar-refractivity contribution in [3.05, 3.63) is 35.4 Å². The molecule has 1 aliphatic rings. The summed E-state index contributed by atoms with van der Waals surface area (Å²) < 4.78 is 1.84. The molecule has 1 aromatic carbocycles. The van der Waals surface area contributed by atoms with Gasteiger partial charge in [0.15, 0.2) is 0 Å². The lowest BCUT2D eigenvalue weighted by molar-refractivity contribution is 0.509. The number of hydrogen-bond donors (Lipinski definition) is 1. The Morgan fingerprint density at radius 2 is 2.14 bits per heavy atom. The fourth-order valence-electron chi connectivity index (χ4n) is 1.93. The van der Waals surface area contributed by atoms with Crippen molar-refractivity contribution in [3.8, 4) is 6.07 Å². The van der Waals surface area contributed by atoms with Gasteiger partial charge < -0.3 is 5.32 Å². The molecule has 0 atom stereocenters. The highest BCUT2D eigenvalue weighted by atomic mass is 32.2. The van der Waals surface area contributed by atoms with Crippen LogP contribution >= 0.6 is 11.8 Å². The average molecular weight is 300 g/mol. The molecule has 0 unspecified atom stereocenters. The van der Waals surface area contributed by atoms with E-state index in [2.05, 4.69) is 26.9 Å². The Labute approximate surface area is 127 Å². The number of benzene rings is 1. The van der Waals surface area contributed by atoms with Gasteiger partial charge in [0, 0.05) is 18.3 Å². The molecule has 6 nitrogen and oxygen atoms in total. The first-order valence-corrected chi connectivity index (χ1v) is 7.95. The Balaban J connectivity index is 1.52. The molecule has 1 fully saturated rings. The van der Waals surface area contributed by atoms with Crippen LogP contribution in [0.2, 0.25) is 0 Å². The van der Waals surface area contributed by atoms with E-state index in [1.165, 1.54) is 12.8 Å². The van der Waals surface area contributed by atoms with Crippen molar-refractivity contribution < 1.29 is 0 Å². The van der Waals surface area contributed by atoms with Crippen molar-refractivity contribution in [2.24, 2.45) is 0 Å². The second-order valence-electron chi connectivity index (χ2n) is 5.01. The molecule has 1 aliphatic carbocycles. The number of hydrogen-bond acceptors (Lipinski definition) is 6. The van der Waals surface area contributed by atoms with Crippen LogP contribution in [0.25, 0.3) is 0 Å². The summed E-state index contributed by atoms with van der Waals surface area (Å²) in [5, 5.41) is 24.9. The summed E-state index contributed by atoms with van der Waals surface area (Å²) in [6, 6.07) is 10.4. The van der Waals surface area contributed by atoms with Crippen molar-refractivity contribution >= 4 is 11.8 Å². The summed E-state index contributed by atoms with van der Waals surface area (Å²) >= 11 is 1.61. The largest absolute Gasteiger partial charge is 0.312 e. The maximum Gasteiger partial charge on any atom is 0.209 e. The molecule has 108 valence electrons. The third kappa shape index (κ3) is 4.03. The zero-order valence-corrected chi connectivity index (χ0v) is 12.4. The van der Waals surface area contributed by atoms with Gasteiger partial charge in [-0.1, -0.05) is 23.9 Å². The standard InChI is InChI=1S/C14H16N6S/c15-9-11-1-3-12(4-2-11)10-21-14-17-18-19-20(14)8-7-16-13-5-6-13/h1-4,13,16H,5-8,10H2. The van der Waals surface area contributed by atoms with Crippen LogP contribution in [0, 0.1) is 11.3 Å². The smallest absolute Gasteiger partial charge is 0.209 e. The van der Waals surface area contributed by atoms with Crippen LogP contribution in [0.1, 0.15) is 24.0 Å². The molecular weight excluding hydrogens is 284 g/mol. The Hall–Kier alpha value is -1.91. The lowest BCUT2D eigenvalue weighted by atomic mass is 10.2. The number of nitrogens with one attached hydrogen (secondary N) is 1. The van der Waals surface area contributed by atoms with Gasteiger partial charge in [-0.05, 0) is 41.0 Å². The van der Waals surface area contributed by atoms with Gasteiger partial charge in [0.1, 0.15) is 0 Å². The van der Waals surface area contributed by atoms with E-state index in [9.17, 15) is 0 Å². The molecule has 0 bridgehead atoms. The fourth-order valence-corrected chi connectivity index (χ4v) is 2.78. The molecule has 2 aromatic rings. The van der Waals surface area contributed by atoms with Crippen LogP contribution in [-0.4, -0.2) is 32.8 Å². The van der Waals surface area contributed by atoms with Gasteiger partial charge in [0.2, 0.25) is 5.16 Å². The fraction of sp³-hybridized carbons (Fsp3) is 0.429. The minimum absolute atomic E-state index is 0.680. The van der Waals surface area contributed by atoms with Gasteiger partial charge in [0.05, 0.1) is 18.2 Å². The monoisotopic (exact) mass is 300 g/mol. The minimum atomic E-state index is 0.680. The third-order valence-electron chi connectivity index (χ3n) is 3.28. The second-order valence-corrected chi connectivity index (χ2v) is 5.95. The van der Waals surface area contributed by atoms with Crippen LogP contribution in [0.4, 0.5) is 0 Å². The number of thioether (sulfide) groups is 1. The predicted octanol–water partition coefficient (Wildman–Crippen LogP) is 1.59. The zero-order valence-electron chi connectivity index (χ0n) is 11.6. The molecule has 0 radical (unpaired) electrons. The van der Waals surface area contributed by atoms with Crippen LogP contribution in [0.15, 0.2) is 29.4 Å². The van der Waals surface area contributed by atoms with Gasteiger partial charge in [0.25, 0.3) is 0 Å². The number of rotatable bonds is 7. The van der Waals surface area contributed by atoms with E-state index < -0.39 is 0 Å². The van der Waals surface area contributed by atoms with E-state index in [1.54, 1.807) is 11.8 Å². The van der Waals surface area contributed by atoms with Gasteiger partial charge >= 0.3 is 0 Å². The molecule has 1 saturated carbocycles. The van der Waals surface area contributed by atoms with Gasteiger partial charge in [-0.15, -0.1) is 5.10 Å². The highest BCUT2D eigenvalue weighted by molar-refractivity contribution is 7.98. The van der Waals surface area contributed by atoms with Crippen LogP contribution in [-0.2, 0) is 12.3 Å². The molecule has 0 aliphatic heterocycles. The van der Waals surface area contributed by atoms with Crippen LogP contribution in [0.5, 0.6) is 0 Å². The number of aromatic nitrogens is 4. The topological polar surface area (TPSA) is 79.4 Å². The Bertz CT molecular complexity index is 626. The molecule has 1 N–H and O–H groups in total. The van der Waals surface area contributed by atoms with E-state index in [0.717, 1.165) is 29.6 Å². The van der Waals surface area contributed by atoms with Crippen molar-refractivity contribution in [2.45, 2.75) is 36.3 Å². The van der Waals surface area contributed by atoms with Crippen molar-refractivity contribution in [3.63, 3.8) is 0 Å². The first-order valence-electron chi connectivity index (χ1n) is 6.96. The molecule has 0 saturated heterocycles. The first kappa shape index (κ1) is 14.0. The predicted molar refractivity (Wildman–Crippen MR) is 79.6 cm³/mol. The summed E-state index contributed by atoms with van der Waals surface area (Å²) in [4.78, 5) is 0. The van der Waals surface area contributed by atoms with E-state index in [4.69, 9.17) is 5.26 Å². The number of nitriles is 1. The average Bonchev–Trinajstić information content (AvgIpc) is 3.24. The normalized spacial score (nSPS) is 14.0. The third-order valence-corrected chi connectivity index (χ3v) is 4.31. The van der Waals surface area contributed by atoms with Gasteiger partial charge in [-0.2, -0.15) is 5.26 Å². The number of nitrogens with zero attached hydrogens (tertiary/aromatic N) is 5. The molecule has 21 heavy (non-hydrogen) atoms. The maximum atomic E-state index is 8.78. The van der Waals surface area contributed by atoms with Gasteiger partial charge in [-0.25, -0.2) is 4.68 Å². The maximum absolute atomic E-state index is 8.78. The SMILES string of the molecule is N#Cc1ccc(CSc2nnnn2CCNC2CC2)cc1. The summed E-state index contributed by atoms with van der Waals surface area (Å²) in [7, 11) is 0. The Morgan fingerprint density at radius 3 is 2.86 bits per heavy atom. The van der Waals surface area contributed by atoms with Crippen LogP contribution in [0.3, 0.4) is 0 Å². The highest BCUT2D eigenvalue weighted by Crippen LogP contribution is 2.20. The Morgan fingerprint density at radius 1 is 1.33 bits per heavy atom. The molecular formula is C14H16N6S. The van der Waals surface area contributed by atoms with E-state index in [-0.39, 0.29) is 0 Å². The number of tetrazole rings is 1. The summed E-state index contributed by atoms with van der Waals surface area (Å²) in [6.45, 7) is 1.69. The summed E-state index contributed by atoms with van der Waals surface area (Å²) in [6.07, 6.45) is 2.58. The van der Waals surface area contributed by atoms with E-state index >= 15 is 0 Å². The van der Waals surface area contributed by atoms with E-state index in [0.29, 0.717) is 11.6 Å². The highest BCUT2D eigenvalue weighted by Gasteiger charge is 2.20. The molecule has 0 spiro atoms. The molecule has 0 amide bonds. The van der Waals surface area contributed by atoms with E-state index in [1.807, 2.05) is 28.9 Å². The minimum Gasteiger partial charge on any atom is -0.312 e. The Kier molecular flexibility index (Phi) is 4.48. The van der Waals surface area contributed by atoms with Crippen molar-refractivity contribution in [1.82, 2.24) is 25.5 Å². The summed E-state index contributed by atoms with van der Waals surface area (Å²) in [5.74, 6) is 0.794. The quantitative estimate of drug-likeness (QED) is 0.782. The van der Waals surface area contributed by atoms with Gasteiger partial charge in [-0.3, -0.25) is 0 Å². The molecule has 3 rings (SSSR count). The van der Waals surface area contributed by atoms with Crippen molar-refractivity contribution in [1.29, 1.82) is 5.26 Å². The molecule has 1 aromatic heterocycles. The molecule has 7 heteroatoms. The zero-order chi connectivity index (χ0) is 14.5. The molecule has 1 heterocycles. The van der Waals surface area contributed by atoms with Crippen LogP contribution < -0.4 is 5.32 Å². The first-order chi connectivity index (χ1) is 10.3.